The largest absolute Gasteiger partial charge is 0.493 e. The average molecular weight is 504 g/mol. The lowest BCUT2D eigenvalue weighted by Crippen LogP contribution is -2.47. The predicted octanol–water partition coefficient (Wildman–Crippen LogP) is 1.78. The van der Waals surface area contributed by atoms with Gasteiger partial charge in [-0.2, -0.15) is 4.31 Å². The van der Waals surface area contributed by atoms with E-state index in [0.717, 1.165) is 12.1 Å². The molecular weight excluding hydrogens is 470 g/mol. The molecule has 0 saturated carbocycles. The zero-order valence-electron chi connectivity index (χ0n) is 20.7. The average Bonchev–Trinajstić information content (AvgIpc) is 3.11. The van der Waals surface area contributed by atoms with Gasteiger partial charge in [0.1, 0.15) is 11.3 Å². The van der Waals surface area contributed by atoms with Crippen molar-refractivity contribution in [1.29, 1.82) is 0 Å². The van der Waals surface area contributed by atoms with E-state index in [0.29, 0.717) is 67.2 Å². The van der Waals surface area contributed by atoms with E-state index in [1.807, 2.05) is 20.9 Å². The third kappa shape index (κ3) is 4.61. The molecule has 0 spiro atoms. The van der Waals surface area contributed by atoms with Crippen LogP contribution in [0.4, 0.5) is 0 Å². The molecule has 0 atom stereocenters. The molecule has 35 heavy (non-hydrogen) atoms. The van der Waals surface area contributed by atoms with Crippen LogP contribution in [0, 0.1) is 6.92 Å². The van der Waals surface area contributed by atoms with Gasteiger partial charge < -0.3 is 19.7 Å². The van der Waals surface area contributed by atoms with Crippen LogP contribution < -0.4 is 10.3 Å². The topological polar surface area (TPSA) is 120 Å². The molecule has 0 radical (unpaired) electrons. The minimum atomic E-state index is -3.73. The van der Waals surface area contributed by atoms with Gasteiger partial charge in [0, 0.05) is 37.4 Å². The van der Waals surface area contributed by atoms with Crippen molar-refractivity contribution >= 4 is 15.5 Å². The number of sulfonamides is 1. The first-order chi connectivity index (χ1) is 16.7. The summed E-state index contributed by atoms with van der Waals surface area (Å²) >= 11 is 0. The van der Waals surface area contributed by atoms with Crippen molar-refractivity contribution in [3.63, 3.8) is 0 Å². The van der Waals surface area contributed by atoms with Crippen molar-refractivity contribution in [2.24, 2.45) is 0 Å². The lowest BCUT2D eigenvalue weighted by atomic mass is 10.1. The van der Waals surface area contributed by atoms with Crippen LogP contribution in [0.15, 0.2) is 27.9 Å². The number of rotatable bonds is 8. The molecule has 1 fully saturated rings. The van der Waals surface area contributed by atoms with E-state index in [4.69, 9.17) is 9.84 Å². The first-order valence-electron chi connectivity index (χ1n) is 11.9. The van der Waals surface area contributed by atoms with Crippen LogP contribution in [-0.2, 0) is 23.1 Å². The smallest absolute Gasteiger partial charge is 0.275 e. The van der Waals surface area contributed by atoms with Gasteiger partial charge >= 0.3 is 0 Å². The zero-order valence-corrected chi connectivity index (χ0v) is 21.5. The maximum atomic E-state index is 13.4. The second-order valence-corrected chi connectivity index (χ2v) is 10.8. The molecule has 1 aliphatic heterocycles. The van der Waals surface area contributed by atoms with Gasteiger partial charge in [0.2, 0.25) is 10.0 Å². The van der Waals surface area contributed by atoms with Crippen LogP contribution in [0.25, 0.3) is 16.9 Å². The summed E-state index contributed by atoms with van der Waals surface area (Å²) in [7, 11) is -1.76. The van der Waals surface area contributed by atoms with E-state index in [2.05, 4.69) is 9.88 Å². The Morgan fingerprint density at radius 2 is 1.89 bits per heavy atom. The van der Waals surface area contributed by atoms with Gasteiger partial charge in [0.25, 0.3) is 5.56 Å². The number of aromatic nitrogens is 3. The number of ether oxygens (including phenoxy) is 1. The van der Waals surface area contributed by atoms with Crippen molar-refractivity contribution in [3.8, 4) is 17.1 Å². The highest BCUT2D eigenvalue weighted by atomic mass is 32.2. The van der Waals surface area contributed by atoms with E-state index < -0.39 is 10.0 Å². The molecule has 0 bridgehead atoms. The molecule has 1 aromatic carbocycles. The molecule has 3 heterocycles. The van der Waals surface area contributed by atoms with Gasteiger partial charge in [-0.25, -0.2) is 12.9 Å². The molecule has 11 heteroatoms. The van der Waals surface area contributed by atoms with Crippen molar-refractivity contribution in [2.75, 3.05) is 39.8 Å². The number of piperazine rings is 1. The molecule has 10 nitrogen and oxygen atoms in total. The van der Waals surface area contributed by atoms with E-state index in [-0.39, 0.29) is 22.9 Å². The fourth-order valence-electron chi connectivity index (χ4n) is 4.59. The Kier molecular flexibility index (Phi) is 7.32. The molecule has 0 aliphatic carbocycles. The van der Waals surface area contributed by atoms with Crippen LogP contribution in [0.2, 0.25) is 0 Å². The molecule has 190 valence electrons. The van der Waals surface area contributed by atoms with Crippen molar-refractivity contribution in [2.45, 2.75) is 45.1 Å². The number of benzene rings is 1. The standard InChI is InChI=1S/C24H33N5O5S/c1-5-7-20-19(15-30)16(3)22-24(31)25-23(26-29(20)22)18-14-17(8-9-21(18)34-6-2)35(32,33)28-12-10-27(4)11-13-28/h8-9,14,30H,5-7,10-13,15H2,1-4H3,(H,25,26,31). The number of nitrogens with zero attached hydrogens (tertiary/aromatic N) is 4. The monoisotopic (exact) mass is 503 g/mol. The summed E-state index contributed by atoms with van der Waals surface area (Å²) in [5, 5.41) is 14.6. The maximum absolute atomic E-state index is 13.4. The third-order valence-electron chi connectivity index (χ3n) is 6.52. The van der Waals surface area contributed by atoms with Gasteiger partial charge in [-0.15, -0.1) is 5.10 Å². The summed E-state index contributed by atoms with van der Waals surface area (Å²) in [6.45, 7) is 7.97. The third-order valence-corrected chi connectivity index (χ3v) is 8.42. The quantitative estimate of drug-likeness (QED) is 0.481. The zero-order chi connectivity index (χ0) is 25.3. The minimum absolute atomic E-state index is 0.122. The summed E-state index contributed by atoms with van der Waals surface area (Å²) in [4.78, 5) is 18.2. The normalized spacial score (nSPS) is 15.7. The highest BCUT2D eigenvalue weighted by Crippen LogP contribution is 2.32. The van der Waals surface area contributed by atoms with Gasteiger partial charge in [-0.05, 0) is 51.1 Å². The number of H-pyrrole nitrogens is 1. The number of hydrogen-bond acceptors (Lipinski definition) is 7. The number of hydrogen-bond donors (Lipinski definition) is 2. The summed E-state index contributed by atoms with van der Waals surface area (Å²) in [6, 6.07) is 4.66. The SMILES string of the molecule is CCCc1c(CO)c(C)c2c(=O)[nH]c(-c3cc(S(=O)(=O)N4CCN(C)CC4)ccc3OCC)nn12. The van der Waals surface area contributed by atoms with Gasteiger partial charge in [0.05, 0.1) is 23.7 Å². The highest BCUT2D eigenvalue weighted by Gasteiger charge is 2.29. The minimum Gasteiger partial charge on any atom is -0.493 e. The fourth-order valence-corrected chi connectivity index (χ4v) is 6.04. The fraction of sp³-hybridized carbons (Fsp3) is 0.500. The predicted molar refractivity (Wildman–Crippen MR) is 133 cm³/mol. The number of fused-ring (bicyclic) bond motifs is 1. The van der Waals surface area contributed by atoms with Crippen LogP contribution in [-0.4, -0.2) is 77.2 Å². The van der Waals surface area contributed by atoms with E-state index in [9.17, 15) is 18.3 Å². The first kappa shape index (κ1) is 25.4. The number of aromatic amines is 1. The van der Waals surface area contributed by atoms with Crippen molar-refractivity contribution in [3.05, 3.63) is 45.4 Å². The molecule has 3 aromatic rings. The first-order valence-corrected chi connectivity index (χ1v) is 13.4. The second-order valence-electron chi connectivity index (χ2n) is 8.82. The molecular formula is C24H33N5O5S. The van der Waals surface area contributed by atoms with Crippen molar-refractivity contribution in [1.82, 2.24) is 23.8 Å². The van der Waals surface area contributed by atoms with E-state index in [1.165, 1.54) is 16.4 Å². The maximum Gasteiger partial charge on any atom is 0.275 e. The molecule has 2 N–H and O–H groups in total. The number of likely N-dealkylation sites (N-methyl/N-ethyl adjacent to an activating group) is 1. The highest BCUT2D eigenvalue weighted by molar-refractivity contribution is 7.89. The molecule has 1 saturated heterocycles. The Morgan fingerprint density at radius 3 is 2.51 bits per heavy atom. The van der Waals surface area contributed by atoms with Gasteiger partial charge in [-0.3, -0.25) is 4.79 Å². The van der Waals surface area contributed by atoms with E-state index in [1.54, 1.807) is 17.5 Å². The molecule has 0 unspecified atom stereocenters. The van der Waals surface area contributed by atoms with Crippen LogP contribution in [0.3, 0.4) is 0 Å². The summed E-state index contributed by atoms with van der Waals surface area (Å²) in [5.74, 6) is 0.633. The van der Waals surface area contributed by atoms with Gasteiger partial charge in [-0.1, -0.05) is 13.3 Å². The molecule has 2 aromatic heterocycles. The van der Waals surface area contributed by atoms with Crippen LogP contribution in [0.1, 0.15) is 37.1 Å². The molecule has 1 aliphatic rings. The number of aryl methyl sites for hydroxylation is 2. The van der Waals surface area contributed by atoms with E-state index >= 15 is 0 Å². The summed E-state index contributed by atoms with van der Waals surface area (Å²) in [5.41, 5.74) is 2.56. The Bertz CT molecular complexity index is 1390. The summed E-state index contributed by atoms with van der Waals surface area (Å²) < 4.78 is 35.6. The Hall–Kier alpha value is -2.73. The Balaban J connectivity index is 1.89. The number of nitrogens with one attached hydrogen (secondary N) is 1. The lowest BCUT2D eigenvalue weighted by molar-refractivity contribution is 0.222. The second kappa shape index (κ2) is 10.1. The molecule has 4 rings (SSSR count). The Morgan fingerprint density at radius 1 is 1.17 bits per heavy atom. The molecule has 0 amide bonds. The number of aliphatic hydroxyl groups excluding tert-OH is 1. The van der Waals surface area contributed by atoms with Gasteiger partial charge in [0.15, 0.2) is 5.82 Å². The van der Waals surface area contributed by atoms with Crippen LogP contribution >= 0.6 is 0 Å². The lowest BCUT2D eigenvalue weighted by Gasteiger charge is -2.31. The number of aliphatic hydroxyl groups is 1. The Labute approximate surface area is 205 Å². The van der Waals surface area contributed by atoms with Crippen LogP contribution in [0.5, 0.6) is 5.75 Å². The van der Waals surface area contributed by atoms with Crippen molar-refractivity contribution < 1.29 is 18.3 Å². The summed E-state index contributed by atoms with van der Waals surface area (Å²) in [6.07, 6.45) is 1.45.